The number of hydrogen-bond donors (Lipinski definition) is 2. The second-order valence-electron chi connectivity index (χ2n) is 5.75. The lowest BCUT2D eigenvalue weighted by Crippen LogP contribution is -2.44. The Morgan fingerprint density at radius 3 is 2.95 bits per heavy atom. The predicted molar refractivity (Wildman–Crippen MR) is 82.9 cm³/mol. The van der Waals surface area contributed by atoms with Gasteiger partial charge in [-0.1, -0.05) is 12.2 Å². The van der Waals surface area contributed by atoms with Gasteiger partial charge in [0, 0.05) is 31.4 Å². The maximum atomic E-state index is 12.0. The molecule has 21 heavy (non-hydrogen) atoms. The van der Waals surface area contributed by atoms with Gasteiger partial charge in [-0.15, -0.1) is 0 Å². The van der Waals surface area contributed by atoms with Gasteiger partial charge in [0.15, 0.2) is 0 Å². The first-order valence-corrected chi connectivity index (χ1v) is 7.42. The summed E-state index contributed by atoms with van der Waals surface area (Å²) in [5, 5.41) is 10.1. The van der Waals surface area contributed by atoms with Crippen molar-refractivity contribution in [1.29, 1.82) is 0 Å². The molecule has 2 atom stereocenters. The van der Waals surface area contributed by atoms with Gasteiger partial charge in [0.2, 0.25) is 0 Å². The van der Waals surface area contributed by atoms with E-state index in [9.17, 15) is 4.79 Å². The zero-order valence-corrected chi connectivity index (χ0v) is 13.0. The molecule has 0 radical (unpaired) electrons. The van der Waals surface area contributed by atoms with Gasteiger partial charge < -0.3 is 15.5 Å². The minimum absolute atomic E-state index is 0.109. The molecule has 2 amide bonds. The third-order valence-electron chi connectivity index (χ3n) is 3.76. The summed E-state index contributed by atoms with van der Waals surface area (Å²) >= 11 is 0. The molecule has 6 heteroatoms. The Labute approximate surface area is 126 Å². The van der Waals surface area contributed by atoms with E-state index in [2.05, 4.69) is 32.8 Å². The third-order valence-corrected chi connectivity index (χ3v) is 3.76. The summed E-state index contributed by atoms with van der Waals surface area (Å²) in [4.78, 5) is 14.1. The summed E-state index contributed by atoms with van der Waals surface area (Å²) in [5.41, 5.74) is 1.10. The van der Waals surface area contributed by atoms with Crippen LogP contribution in [0, 0.1) is 0 Å². The van der Waals surface area contributed by atoms with Crippen molar-refractivity contribution in [3.05, 3.63) is 30.1 Å². The summed E-state index contributed by atoms with van der Waals surface area (Å²) in [5.74, 6) is 0. The van der Waals surface area contributed by atoms with Gasteiger partial charge in [-0.2, -0.15) is 5.10 Å². The molecule has 0 aliphatic heterocycles. The van der Waals surface area contributed by atoms with Gasteiger partial charge in [0.25, 0.3) is 0 Å². The molecule has 2 N–H and O–H groups in total. The molecule has 116 valence electrons. The van der Waals surface area contributed by atoms with Gasteiger partial charge in [-0.3, -0.25) is 4.68 Å². The summed E-state index contributed by atoms with van der Waals surface area (Å²) in [7, 11) is 5.90. The number of likely N-dealkylation sites (N-methyl/N-ethyl adjacent to an activating group) is 1. The number of rotatable bonds is 5. The van der Waals surface area contributed by atoms with Crippen LogP contribution in [0.2, 0.25) is 0 Å². The van der Waals surface area contributed by atoms with E-state index < -0.39 is 0 Å². The van der Waals surface area contributed by atoms with Crippen LogP contribution in [-0.2, 0) is 7.05 Å². The number of aryl methyl sites for hydroxylation is 1. The zero-order chi connectivity index (χ0) is 15.2. The SMILES string of the molecule is CN(C)[C@H](CNC(=O)N[C@H]1C=CCCC1)c1cnn(C)c1. The van der Waals surface area contributed by atoms with Gasteiger partial charge in [0.1, 0.15) is 0 Å². The molecule has 2 rings (SSSR count). The number of amides is 2. The summed E-state index contributed by atoms with van der Waals surface area (Å²) < 4.78 is 1.78. The molecule has 1 aromatic rings. The van der Waals surface area contributed by atoms with Crippen molar-refractivity contribution in [2.24, 2.45) is 7.05 Å². The quantitative estimate of drug-likeness (QED) is 0.807. The molecule has 6 nitrogen and oxygen atoms in total. The van der Waals surface area contributed by atoms with Crippen LogP contribution < -0.4 is 10.6 Å². The maximum Gasteiger partial charge on any atom is 0.315 e. The lowest BCUT2D eigenvalue weighted by molar-refractivity contribution is 0.230. The molecule has 0 fully saturated rings. The first-order valence-electron chi connectivity index (χ1n) is 7.42. The van der Waals surface area contributed by atoms with E-state index in [0.29, 0.717) is 6.54 Å². The first-order chi connectivity index (χ1) is 10.1. The van der Waals surface area contributed by atoms with Gasteiger partial charge in [0.05, 0.1) is 12.2 Å². The van der Waals surface area contributed by atoms with Gasteiger partial charge >= 0.3 is 6.03 Å². The summed E-state index contributed by atoms with van der Waals surface area (Å²) in [6.07, 6.45) is 11.3. The van der Waals surface area contributed by atoms with E-state index in [1.807, 2.05) is 33.5 Å². The van der Waals surface area contributed by atoms with Crippen molar-refractivity contribution in [2.45, 2.75) is 31.3 Å². The summed E-state index contributed by atoms with van der Waals surface area (Å²) in [6, 6.07) is 0.170. The Bertz CT molecular complexity index is 494. The van der Waals surface area contributed by atoms with Gasteiger partial charge in [-0.05, 0) is 33.4 Å². The monoisotopic (exact) mass is 291 g/mol. The molecule has 1 aliphatic carbocycles. The second kappa shape index (κ2) is 7.26. The number of carbonyl (C=O) groups excluding carboxylic acids is 1. The molecule has 0 spiro atoms. The van der Waals surface area contributed by atoms with Crippen molar-refractivity contribution in [3.63, 3.8) is 0 Å². The average molecular weight is 291 g/mol. The topological polar surface area (TPSA) is 62.2 Å². The van der Waals surface area contributed by atoms with Crippen molar-refractivity contribution in [3.8, 4) is 0 Å². The number of urea groups is 1. The molecule has 1 aliphatic rings. The van der Waals surface area contributed by atoms with Crippen molar-refractivity contribution < 1.29 is 4.79 Å². The average Bonchev–Trinajstić information content (AvgIpc) is 2.86. The highest BCUT2D eigenvalue weighted by Crippen LogP contribution is 2.16. The number of allylic oxidation sites excluding steroid dienone is 1. The highest BCUT2D eigenvalue weighted by atomic mass is 16.2. The van der Waals surface area contributed by atoms with Crippen molar-refractivity contribution in [1.82, 2.24) is 25.3 Å². The van der Waals surface area contributed by atoms with E-state index in [1.54, 1.807) is 4.68 Å². The number of aromatic nitrogens is 2. The molecule has 0 aromatic carbocycles. The summed E-state index contributed by atoms with van der Waals surface area (Å²) in [6.45, 7) is 0.557. The fraction of sp³-hybridized carbons (Fsp3) is 0.600. The smallest absolute Gasteiger partial charge is 0.315 e. The molecule has 0 saturated heterocycles. The Morgan fingerprint density at radius 1 is 1.57 bits per heavy atom. The highest BCUT2D eigenvalue weighted by Gasteiger charge is 2.18. The van der Waals surface area contributed by atoms with E-state index in [4.69, 9.17) is 0 Å². The number of carbonyl (C=O) groups is 1. The van der Waals surface area contributed by atoms with Crippen LogP contribution in [0.5, 0.6) is 0 Å². The highest BCUT2D eigenvalue weighted by molar-refractivity contribution is 5.74. The fourth-order valence-electron chi connectivity index (χ4n) is 2.55. The van der Waals surface area contributed by atoms with Crippen LogP contribution in [0.25, 0.3) is 0 Å². The fourth-order valence-corrected chi connectivity index (χ4v) is 2.55. The van der Waals surface area contributed by atoms with E-state index in [0.717, 1.165) is 24.8 Å². The molecule has 0 bridgehead atoms. The van der Waals surface area contributed by atoms with Crippen LogP contribution in [0.4, 0.5) is 4.79 Å². The van der Waals surface area contributed by atoms with E-state index in [-0.39, 0.29) is 18.1 Å². The minimum atomic E-state index is -0.109. The van der Waals surface area contributed by atoms with Gasteiger partial charge in [-0.25, -0.2) is 4.79 Å². The van der Waals surface area contributed by atoms with Crippen molar-refractivity contribution in [2.75, 3.05) is 20.6 Å². The van der Waals surface area contributed by atoms with Crippen LogP contribution >= 0.6 is 0 Å². The maximum absolute atomic E-state index is 12.0. The predicted octanol–water partition coefficient (Wildman–Crippen LogP) is 1.43. The van der Waals surface area contributed by atoms with E-state index in [1.165, 1.54) is 0 Å². The number of nitrogens with one attached hydrogen (secondary N) is 2. The van der Waals surface area contributed by atoms with Crippen molar-refractivity contribution >= 4 is 6.03 Å². The molecule has 1 heterocycles. The molecule has 0 saturated carbocycles. The zero-order valence-electron chi connectivity index (χ0n) is 13.0. The molecular weight excluding hydrogens is 266 g/mol. The number of hydrogen-bond acceptors (Lipinski definition) is 3. The molecule has 0 unspecified atom stereocenters. The number of nitrogens with zero attached hydrogens (tertiary/aromatic N) is 3. The van der Waals surface area contributed by atoms with E-state index >= 15 is 0 Å². The standard InChI is InChI=1S/C15H25N5O/c1-19(2)14(12-9-17-20(3)11-12)10-16-15(21)18-13-7-5-4-6-8-13/h5,7,9,11,13-14H,4,6,8,10H2,1-3H3,(H2,16,18,21)/t13-,14+/m0/s1. The molecule has 1 aromatic heterocycles. The lowest BCUT2D eigenvalue weighted by atomic mass is 10.0. The Morgan fingerprint density at radius 2 is 2.38 bits per heavy atom. The molecular formula is C15H25N5O. The van der Waals surface area contributed by atoms with Crippen LogP contribution in [-0.4, -0.2) is 47.4 Å². The first kappa shape index (κ1) is 15.6. The van der Waals surface area contributed by atoms with Crippen LogP contribution in [0.15, 0.2) is 24.5 Å². The lowest BCUT2D eigenvalue weighted by Gasteiger charge is -2.24. The van der Waals surface area contributed by atoms with Crippen LogP contribution in [0.3, 0.4) is 0 Å². The van der Waals surface area contributed by atoms with Crippen LogP contribution in [0.1, 0.15) is 30.9 Å². The Balaban J connectivity index is 1.85. The normalized spacial score (nSPS) is 19.5. The Kier molecular flexibility index (Phi) is 5.38. The Hall–Kier alpha value is -1.82. The second-order valence-corrected chi connectivity index (χ2v) is 5.75. The minimum Gasteiger partial charge on any atom is -0.336 e. The third kappa shape index (κ3) is 4.60. The largest absolute Gasteiger partial charge is 0.336 e.